The van der Waals surface area contributed by atoms with E-state index in [-0.39, 0.29) is 6.10 Å². The third-order valence-corrected chi connectivity index (χ3v) is 3.99. The van der Waals surface area contributed by atoms with Crippen LogP contribution in [0.25, 0.3) is 0 Å². The van der Waals surface area contributed by atoms with Crippen molar-refractivity contribution in [2.45, 2.75) is 36.9 Å². The molecule has 6 heteroatoms. The molecule has 1 aliphatic rings. The van der Waals surface area contributed by atoms with Crippen LogP contribution >= 0.6 is 23.4 Å². The molecular weight excluding hydrogens is 270 g/mol. The zero-order valence-corrected chi connectivity index (χ0v) is 12.0. The van der Waals surface area contributed by atoms with E-state index in [0.717, 1.165) is 38.0 Å². The maximum Gasteiger partial charge on any atom is 0.190 e. The van der Waals surface area contributed by atoms with Crippen molar-refractivity contribution in [3.63, 3.8) is 0 Å². The summed E-state index contributed by atoms with van der Waals surface area (Å²) in [6.45, 7) is 0.883. The molecule has 1 aromatic rings. The third-order valence-electron chi connectivity index (χ3n) is 3.25. The lowest BCUT2D eigenvalue weighted by molar-refractivity contribution is 0.111. The smallest absolute Gasteiger partial charge is 0.190 e. The Morgan fingerprint density at radius 2 is 2.11 bits per heavy atom. The highest BCUT2D eigenvalue weighted by Crippen LogP contribution is 2.25. The van der Waals surface area contributed by atoms with Gasteiger partial charge in [-0.15, -0.1) is 0 Å². The topological polar surface area (TPSA) is 58.0 Å². The number of rotatable bonds is 4. The summed E-state index contributed by atoms with van der Waals surface area (Å²) >= 11 is 7.41. The van der Waals surface area contributed by atoms with E-state index in [0.29, 0.717) is 16.2 Å². The number of anilines is 1. The molecule has 0 aliphatic heterocycles. The van der Waals surface area contributed by atoms with Crippen LogP contribution in [0.2, 0.25) is 5.15 Å². The van der Waals surface area contributed by atoms with E-state index in [1.54, 1.807) is 6.07 Å². The molecule has 1 aromatic heterocycles. The molecule has 0 aromatic carbocycles. The van der Waals surface area contributed by atoms with Crippen molar-refractivity contribution in [3.8, 4) is 0 Å². The van der Waals surface area contributed by atoms with E-state index in [9.17, 15) is 5.11 Å². The molecule has 4 nitrogen and oxygen atoms in total. The first-order valence-electron chi connectivity index (χ1n) is 6.18. The minimum atomic E-state index is -0.0992. The minimum Gasteiger partial charge on any atom is -0.393 e. The lowest BCUT2D eigenvalue weighted by Crippen LogP contribution is -2.23. The van der Waals surface area contributed by atoms with Gasteiger partial charge in [0.25, 0.3) is 0 Å². The van der Waals surface area contributed by atoms with Crippen LogP contribution in [0.15, 0.2) is 11.2 Å². The van der Waals surface area contributed by atoms with E-state index in [4.69, 9.17) is 11.6 Å². The molecule has 0 unspecified atom stereocenters. The van der Waals surface area contributed by atoms with Gasteiger partial charge in [0, 0.05) is 12.6 Å². The van der Waals surface area contributed by atoms with Gasteiger partial charge in [0.15, 0.2) is 5.16 Å². The number of hydrogen-bond acceptors (Lipinski definition) is 5. The fourth-order valence-electron chi connectivity index (χ4n) is 2.18. The van der Waals surface area contributed by atoms with E-state index in [1.807, 2.05) is 6.26 Å². The summed E-state index contributed by atoms with van der Waals surface area (Å²) in [5.41, 5.74) is 0. The van der Waals surface area contributed by atoms with Crippen molar-refractivity contribution in [1.82, 2.24) is 9.97 Å². The summed E-state index contributed by atoms with van der Waals surface area (Å²) in [6.07, 6.45) is 5.79. The van der Waals surface area contributed by atoms with Gasteiger partial charge in [-0.25, -0.2) is 9.97 Å². The maximum absolute atomic E-state index is 9.46. The molecule has 0 atom stereocenters. The van der Waals surface area contributed by atoms with Gasteiger partial charge in [-0.3, -0.25) is 0 Å². The van der Waals surface area contributed by atoms with Gasteiger partial charge in [-0.2, -0.15) is 0 Å². The molecule has 18 heavy (non-hydrogen) atoms. The monoisotopic (exact) mass is 287 g/mol. The minimum absolute atomic E-state index is 0.0992. The molecule has 100 valence electrons. The highest BCUT2D eigenvalue weighted by atomic mass is 35.5. The molecule has 0 bridgehead atoms. The van der Waals surface area contributed by atoms with Crippen LogP contribution < -0.4 is 5.32 Å². The van der Waals surface area contributed by atoms with E-state index in [2.05, 4.69) is 15.3 Å². The first-order chi connectivity index (χ1) is 8.67. The molecule has 0 saturated heterocycles. The summed E-state index contributed by atoms with van der Waals surface area (Å²) in [5, 5.41) is 13.9. The predicted molar refractivity (Wildman–Crippen MR) is 75.3 cm³/mol. The molecule has 0 spiro atoms. The Morgan fingerprint density at radius 1 is 1.39 bits per heavy atom. The average molecular weight is 288 g/mol. The molecule has 1 heterocycles. The summed E-state index contributed by atoms with van der Waals surface area (Å²) < 4.78 is 0. The van der Waals surface area contributed by atoms with Gasteiger partial charge < -0.3 is 10.4 Å². The fourth-order valence-corrected chi connectivity index (χ4v) is 2.79. The molecule has 2 N–H and O–H groups in total. The van der Waals surface area contributed by atoms with Crippen molar-refractivity contribution >= 4 is 29.2 Å². The molecular formula is C12H18ClN3OS. The number of hydrogen-bond donors (Lipinski definition) is 2. The highest BCUT2D eigenvalue weighted by molar-refractivity contribution is 7.98. The quantitative estimate of drug-likeness (QED) is 0.507. The summed E-state index contributed by atoms with van der Waals surface area (Å²) in [6, 6.07) is 1.75. The Bertz CT molecular complexity index is 397. The van der Waals surface area contributed by atoms with Crippen LogP contribution in [-0.4, -0.2) is 34.0 Å². The van der Waals surface area contributed by atoms with E-state index >= 15 is 0 Å². The zero-order chi connectivity index (χ0) is 13.0. The van der Waals surface area contributed by atoms with Crippen LogP contribution in [0.5, 0.6) is 0 Å². The van der Waals surface area contributed by atoms with Crippen molar-refractivity contribution in [1.29, 1.82) is 0 Å². The van der Waals surface area contributed by atoms with Crippen molar-refractivity contribution in [3.05, 3.63) is 11.2 Å². The number of halogens is 1. The number of aliphatic hydroxyl groups is 1. The average Bonchev–Trinajstić information content (AvgIpc) is 2.37. The van der Waals surface area contributed by atoms with Gasteiger partial charge in [0.1, 0.15) is 11.0 Å². The Hall–Kier alpha value is -0.520. The first kappa shape index (κ1) is 13.9. The van der Waals surface area contributed by atoms with E-state index in [1.165, 1.54) is 11.8 Å². The summed E-state index contributed by atoms with van der Waals surface area (Å²) in [4.78, 5) is 8.46. The van der Waals surface area contributed by atoms with Crippen LogP contribution in [-0.2, 0) is 0 Å². The second kappa shape index (κ2) is 6.59. The van der Waals surface area contributed by atoms with Gasteiger partial charge in [0.05, 0.1) is 6.10 Å². The standard InChI is InChI=1S/C12H18ClN3OS/c1-18-12-15-10(13)6-11(16-12)14-7-8-2-4-9(17)5-3-8/h6,8-9,17H,2-5,7H2,1H3,(H,14,15,16). The summed E-state index contributed by atoms with van der Waals surface area (Å²) in [7, 11) is 0. The van der Waals surface area contributed by atoms with E-state index < -0.39 is 0 Å². The zero-order valence-electron chi connectivity index (χ0n) is 10.4. The van der Waals surface area contributed by atoms with Crippen LogP contribution in [0.3, 0.4) is 0 Å². The Morgan fingerprint density at radius 3 is 2.78 bits per heavy atom. The SMILES string of the molecule is CSc1nc(Cl)cc(NCC2CCC(O)CC2)n1. The van der Waals surface area contributed by atoms with Gasteiger partial charge in [-0.1, -0.05) is 23.4 Å². The molecule has 2 rings (SSSR count). The van der Waals surface area contributed by atoms with Crippen molar-refractivity contribution < 1.29 is 5.11 Å². The van der Waals surface area contributed by atoms with Gasteiger partial charge >= 0.3 is 0 Å². The largest absolute Gasteiger partial charge is 0.393 e. The number of nitrogens with zero attached hydrogens (tertiary/aromatic N) is 2. The van der Waals surface area contributed by atoms with Gasteiger partial charge in [-0.05, 0) is 37.9 Å². The molecule has 1 aliphatic carbocycles. The lowest BCUT2D eigenvalue weighted by atomic mass is 9.87. The number of aliphatic hydroxyl groups excluding tert-OH is 1. The number of nitrogens with one attached hydrogen (secondary N) is 1. The fraction of sp³-hybridized carbons (Fsp3) is 0.667. The first-order valence-corrected chi connectivity index (χ1v) is 7.78. The number of aromatic nitrogens is 2. The Labute approximate surface area is 117 Å². The predicted octanol–water partition coefficient (Wildman–Crippen LogP) is 2.81. The summed E-state index contributed by atoms with van der Waals surface area (Å²) in [5.74, 6) is 1.39. The highest BCUT2D eigenvalue weighted by Gasteiger charge is 2.19. The van der Waals surface area contributed by atoms with Gasteiger partial charge in [0.2, 0.25) is 0 Å². The molecule has 0 amide bonds. The van der Waals surface area contributed by atoms with Crippen LogP contribution in [0.1, 0.15) is 25.7 Å². The Balaban J connectivity index is 1.88. The van der Waals surface area contributed by atoms with Crippen LogP contribution in [0, 0.1) is 5.92 Å². The Kier molecular flexibility index (Phi) is 5.09. The number of thioether (sulfide) groups is 1. The molecule has 1 saturated carbocycles. The normalized spacial score (nSPS) is 23.9. The van der Waals surface area contributed by atoms with Crippen molar-refractivity contribution in [2.75, 3.05) is 18.1 Å². The second-order valence-electron chi connectivity index (χ2n) is 4.62. The maximum atomic E-state index is 9.46. The third kappa shape index (κ3) is 4.00. The molecule has 0 radical (unpaired) electrons. The van der Waals surface area contributed by atoms with Crippen molar-refractivity contribution in [2.24, 2.45) is 5.92 Å². The lowest BCUT2D eigenvalue weighted by Gasteiger charge is -2.25. The van der Waals surface area contributed by atoms with Crippen LogP contribution in [0.4, 0.5) is 5.82 Å². The molecule has 1 fully saturated rings. The second-order valence-corrected chi connectivity index (χ2v) is 5.78.